The van der Waals surface area contributed by atoms with E-state index in [1.807, 2.05) is 6.20 Å². The molecule has 6 N–H and O–H groups in total. The summed E-state index contributed by atoms with van der Waals surface area (Å²) in [4.78, 5) is 93.6. The Morgan fingerprint density at radius 2 is 1.67 bits per heavy atom. The number of aliphatic hydroxyl groups excluding tert-OH is 1. The summed E-state index contributed by atoms with van der Waals surface area (Å²) in [5.74, 6) is -2.85. The number of aliphatic hydroxyl groups is 1. The number of nitrogens with one attached hydrogen (secondary N) is 4. The second-order valence-corrected chi connectivity index (χ2v) is 19.2. The van der Waals surface area contributed by atoms with Gasteiger partial charge in [0.25, 0.3) is 11.8 Å². The van der Waals surface area contributed by atoms with Gasteiger partial charge in [0, 0.05) is 69.4 Å². The molecule has 0 spiro atoms. The van der Waals surface area contributed by atoms with Gasteiger partial charge in [-0.05, 0) is 87.3 Å². The molecule has 4 saturated heterocycles. The van der Waals surface area contributed by atoms with Crippen molar-refractivity contribution in [2.45, 2.75) is 120 Å². The number of likely N-dealkylation sites (tertiary alicyclic amines) is 2. The minimum absolute atomic E-state index is 0.00477. The summed E-state index contributed by atoms with van der Waals surface area (Å²) in [6, 6.07) is 14.5. The minimum atomic E-state index is -1.05. The van der Waals surface area contributed by atoms with Crippen LogP contribution in [0, 0.1) is 11.8 Å². The van der Waals surface area contributed by atoms with E-state index in [9.17, 15) is 43.8 Å². The van der Waals surface area contributed by atoms with Crippen LogP contribution in [0.2, 0.25) is 0 Å². The van der Waals surface area contributed by atoms with Crippen molar-refractivity contribution in [3.8, 4) is 5.75 Å². The van der Waals surface area contributed by atoms with Gasteiger partial charge >= 0.3 is 0 Å². The number of carbonyl (C=O) groups excluding carboxylic acids is 7. The number of aromatic hydroxyl groups is 1. The first-order valence-corrected chi connectivity index (χ1v) is 24.8. The normalized spacial score (nSPS) is 23.9. The first kappa shape index (κ1) is 49.1. The molecular weight excluding hydrogens is 883 g/mol. The van der Waals surface area contributed by atoms with Crippen LogP contribution >= 0.6 is 0 Å². The van der Waals surface area contributed by atoms with Gasteiger partial charge < -0.3 is 35.4 Å². The fourth-order valence-corrected chi connectivity index (χ4v) is 10.7. The number of unbranched alkanes of at least 4 members (excludes halogenated alkanes) is 6. The summed E-state index contributed by atoms with van der Waals surface area (Å²) in [6.07, 6.45) is 16.6. The molecule has 6 aliphatic rings. The molecule has 2 bridgehead atoms. The first-order valence-electron chi connectivity index (χ1n) is 24.8. The molecule has 17 nitrogen and oxygen atoms in total. The van der Waals surface area contributed by atoms with E-state index in [2.05, 4.69) is 55.3 Å². The molecule has 69 heavy (non-hydrogen) atoms. The summed E-state index contributed by atoms with van der Waals surface area (Å²) >= 11 is 0. The van der Waals surface area contributed by atoms with Crippen molar-refractivity contribution < 1.29 is 48.5 Å². The van der Waals surface area contributed by atoms with E-state index in [4.69, 9.17) is 4.74 Å². The molecule has 17 heteroatoms. The summed E-state index contributed by atoms with van der Waals surface area (Å²) in [5.41, 5.74) is 2.95. The number of rotatable bonds is 26. The predicted molar refractivity (Wildman–Crippen MR) is 255 cm³/mol. The topological polar surface area (TPSA) is 227 Å². The van der Waals surface area contributed by atoms with Crippen LogP contribution < -0.4 is 26.2 Å². The summed E-state index contributed by atoms with van der Waals surface area (Å²) in [6.45, 7) is 3.19. The highest BCUT2D eigenvalue weighted by Crippen LogP contribution is 2.63. The van der Waals surface area contributed by atoms with E-state index in [1.165, 1.54) is 17.3 Å². The van der Waals surface area contributed by atoms with Crippen molar-refractivity contribution in [3.63, 3.8) is 0 Å². The lowest BCUT2D eigenvalue weighted by Crippen LogP contribution is -2.54. The monoisotopic (exact) mass is 947 g/mol. The van der Waals surface area contributed by atoms with Gasteiger partial charge in [0.2, 0.25) is 23.6 Å². The Kier molecular flexibility index (Phi) is 15.9. The molecule has 0 aromatic heterocycles. The fourth-order valence-electron chi connectivity index (χ4n) is 10.7. The molecule has 2 aromatic carbocycles. The highest BCUT2D eigenvalue weighted by atomic mass is 16.5. The lowest BCUT2D eigenvalue weighted by atomic mass is 9.92. The third-order valence-corrected chi connectivity index (χ3v) is 14.5. The van der Waals surface area contributed by atoms with E-state index >= 15 is 0 Å². The number of nitrogens with zero attached hydrogens (tertiary/aromatic N) is 3. The Hall–Kier alpha value is -6.33. The zero-order valence-corrected chi connectivity index (χ0v) is 39.2. The molecule has 368 valence electrons. The molecule has 2 aromatic rings. The average Bonchev–Trinajstić information content (AvgIpc) is 3.73. The highest BCUT2D eigenvalue weighted by molar-refractivity contribution is 6.18. The third kappa shape index (κ3) is 11.6. The number of fused-ring (bicyclic) bond motifs is 1. The lowest BCUT2D eigenvalue weighted by Gasteiger charge is -2.40. The number of anilines is 1. The summed E-state index contributed by atoms with van der Waals surface area (Å²) in [5, 5.41) is 31.8. The number of ether oxygens (including phenoxy) is 1. The number of carbonyl (C=O) groups is 7. The van der Waals surface area contributed by atoms with Gasteiger partial charge in [-0.1, -0.05) is 62.4 Å². The lowest BCUT2D eigenvalue weighted by molar-refractivity contribution is -0.150. The zero-order chi connectivity index (χ0) is 48.5. The van der Waals surface area contributed by atoms with Gasteiger partial charge in [-0.2, -0.15) is 0 Å². The molecule has 4 aliphatic heterocycles. The molecule has 6 atom stereocenters. The summed E-state index contributed by atoms with van der Waals surface area (Å²) in [7, 11) is 0. The van der Waals surface area contributed by atoms with Crippen molar-refractivity contribution in [1.82, 2.24) is 31.1 Å². The number of amides is 6. The highest BCUT2D eigenvalue weighted by Gasteiger charge is 2.72. The van der Waals surface area contributed by atoms with E-state index < -0.39 is 41.8 Å². The van der Waals surface area contributed by atoms with Gasteiger partial charge in [0.05, 0.1) is 28.6 Å². The van der Waals surface area contributed by atoms with Gasteiger partial charge in [0.15, 0.2) is 12.4 Å². The van der Waals surface area contributed by atoms with Crippen molar-refractivity contribution in [1.29, 1.82) is 0 Å². The zero-order valence-electron chi connectivity index (χ0n) is 39.2. The molecule has 2 aliphatic carbocycles. The number of hydrogen-bond donors (Lipinski definition) is 6. The maximum Gasteiger partial charge on any atom is 0.261 e. The molecule has 4 heterocycles. The number of ketones is 1. The second kappa shape index (κ2) is 22.4. The van der Waals surface area contributed by atoms with Gasteiger partial charge in [0.1, 0.15) is 23.8 Å². The third-order valence-electron chi connectivity index (χ3n) is 14.5. The largest absolute Gasteiger partial charge is 0.507 e. The number of allylic oxidation sites excluding steroid dienone is 3. The maximum atomic E-state index is 13.3. The second-order valence-electron chi connectivity index (χ2n) is 19.2. The van der Waals surface area contributed by atoms with Crippen molar-refractivity contribution in [2.75, 3.05) is 44.2 Å². The molecule has 5 fully saturated rings. The van der Waals surface area contributed by atoms with E-state index in [0.717, 1.165) is 75.8 Å². The minimum Gasteiger partial charge on any atom is -0.507 e. The molecule has 0 radical (unpaired) electrons. The molecule has 1 saturated carbocycles. The fraction of sp³-hybridized carbons (Fsp3) is 0.519. The Balaban J connectivity index is 0.615. The molecule has 6 amide bonds. The van der Waals surface area contributed by atoms with Crippen LogP contribution in [-0.4, -0.2) is 124 Å². The van der Waals surface area contributed by atoms with E-state index in [0.29, 0.717) is 56.4 Å². The van der Waals surface area contributed by atoms with Crippen molar-refractivity contribution in [2.24, 2.45) is 11.8 Å². The Morgan fingerprint density at radius 3 is 2.41 bits per heavy atom. The number of hydrogen-bond acceptors (Lipinski definition) is 13. The maximum absolute atomic E-state index is 13.3. The Labute approximate surface area is 402 Å². The predicted octanol–water partition coefficient (Wildman–Crippen LogP) is 3.66. The number of piperazine rings is 1. The van der Waals surface area contributed by atoms with Crippen molar-refractivity contribution >= 4 is 46.9 Å². The number of phenolic OH excluding ortho intramolecular Hbond substituents is 1. The quantitative estimate of drug-likeness (QED) is 0.0261. The molecule has 4 unspecified atom stereocenters. The van der Waals surface area contributed by atoms with Crippen molar-refractivity contribution in [3.05, 3.63) is 95.4 Å². The number of piperidine rings is 3. The Bertz CT molecular complexity index is 2380. The van der Waals surface area contributed by atoms with Crippen LogP contribution in [0.1, 0.15) is 106 Å². The first-order chi connectivity index (χ1) is 33.4. The van der Waals surface area contributed by atoms with E-state index in [-0.39, 0.29) is 66.1 Å². The van der Waals surface area contributed by atoms with Crippen LogP contribution in [0.25, 0.3) is 0 Å². The Morgan fingerprint density at radius 1 is 0.913 bits per heavy atom. The van der Waals surface area contributed by atoms with Crippen LogP contribution in [0.5, 0.6) is 5.75 Å². The van der Waals surface area contributed by atoms with Gasteiger partial charge in [-0.15, -0.1) is 0 Å². The molecular formula is C52H65N7O10. The number of benzene rings is 2. The molecule has 8 rings (SSSR count). The number of phenols is 1. The van der Waals surface area contributed by atoms with Crippen LogP contribution in [0.3, 0.4) is 0 Å². The van der Waals surface area contributed by atoms with E-state index in [1.54, 1.807) is 36.4 Å². The average molecular weight is 948 g/mol. The standard InChI is InChI=1S/C52H65N7O10/c60-41-17-7-6-15-36(41)42(61)24-28-57-33-52-30-38(52)40(57)31-58(52)35-14-10-13-34(29-35)23-27-55-45(63)20-12-19-44(62)53-25-8-4-2-1-3-5-9-26-54-47(65)32-69-43-18-11-16-37-48(43)51(68)59(50(37)67)39-21-22-46(64)56-49(39)66/h6-7,10-11,13-15,17-18,24,28-29,37-40,45,55,60,63H,1-5,8-9,12,16,19-23,25-27,30-33H2,(H,53,62)(H,54,65)(H,56,64,66)/b28-24+/t37?,38-,39?,40?,45?,52+/m1/s1. The summed E-state index contributed by atoms with van der Waals surface area (Å²) < 4.78 is 5.68. The van der Waals surface area contributed by atoms with Crippen LogP contribution in [0.15, 0.2) is 84.3 Å². The van der Waals surface area contributed by atoms with Gasteiger partial charge in [-0.3, -0.25) is 49.1 Å². The number of para-hydroxylation sites is 1. The smallest absolute Gasteiger partial charge is 0.261 e. The van der Waals surface area contributed by atoms with Gasteiger partial charge in [-0.25, -0.2) is 0 Å². The van der Waals surface area contributed by atoms with Crippen LogP contribution in [0.4, 0.5) is 5.69 Å². The van der Waals surface area contributed by atoms with Crippen LogP contribution in [-0.2, 0) is 39.9 Å². The SMILES string of the molecule is O=C(CCCC(O)NCCc1cccc(N2CC3[C@H]4C[C@]42CN3/C=C/C(=O)c2ccccc2O)c1)NCCCCCCCCCNC(=O)COC1=C2C(=O)N(C3CCC(=O)NC3=O)C(=O)C2CC=C1. The number of imide groups is 2.